The zero-order chi connectivity index (χ0) is 15.7. The summed E-state index contributed by atoms with van der Waals surface area (Å²) in [5.41, 5.74) is 1.17. The van der Waals surface area contributed by atoms with Gasteiger partial charge >= 0.3 is 0 Å². The number of piperazine rings is 1. The van der Waals surface area contributed by atoms with Gasteiger partial charge in [-0.05, 0) is 12.6 Å². The summed E-state index contributed by atoms with van der Waals surface area (Å²) in [6.45, 7) is 2.99. The highest BCUT2D eigenvalue weighted by Crippen LogP contribution is 2.28. The van der Waals surface area contributed by atoms with Gasteiger partial charge in [0.25, 0.3) is 0 Å². The summed E-state index contributed by atoms with van der Waals surface area (Å²) >= 11 is 0. The van der Waals surface area contributed by atoms with Crippen LogP contribution in [0.1, 0.15) is 18.0 Å². The molecule has 1 aromatic carbocycles. The normalized spacial score (nSPS) is 26.5. The van der Waals surface area contributed by atoms with Crippen molar-refractivity contribution in [1.29, 1.82) is 0 Å². The van der Waals surface area contributed by atoms with E-state index in [-0.39, 0.29) is 23.8 Å². The SMILES string of the molecule is CN1CCN(C(=O)C2CC(=O)N(C)C2)C(c2ccccc2)C1. The third kappa shape index (κ3) is 2.86. The molecule has 2 saturated heterocycles. The van der Waals surface area contributed by atoms with Crippen LogP contribution in [0.3, 0.4) is 0 Å². The molecule has 2 fully saturated rings. The van der Waals surface area contributed by atoms with E-state index in [9.17, 15) is 9.59 Å². The minimum Gasteiger partial charge on any atom is -0.345 e. The van der Waals surface area contributed by atoms with E-state index < -0.39 is 0 Å². The van der Waals surface area contributed by atoms with Crippen LogP contribution in [0.4, 0.5) is 0 Å². The lowest BCUT2D eigenvalue weighted by atomic mass is 9.99. The first-order valence-electron chi connectivity index (χ1n) is 7.84. The van der Waals surface area contributed by atoms with Gasteiger partial charge in [-0.1, -0.05) is 30.3 Å². The Hall–Kier alpha value is -1.88. The lowest BCUT2D eigenvalue weighted by Crippen LogP contribution is -2.51. The van der Waals surface area contributed by atoms with Crippen molar-refractivity contribution in [3.63, 3.8) is 0 Å². The third-order valence-electron chi connectivity index (χ3n) is 4.74. The van der Waals surface area contributed by atoms with Crippen molar-refractivity contribution in [2.75, 3.05) is 40.3 Å². The molecular formula is C17H23N3O2. The van der Waals surface area contributed by atoms with Gasteiger partial charge < -0.3 is 14.7 Å². The molecule has 0 aliphatic carbocycles. The fourth-order valence-corrected chi connectivity index (χ4v) is 3.41. The molecule has 3 rings (SSSR count). The first kappa shape index (κ1) is 15.0. The molecule has 0 saturated carbocycles. The van der Waals surface area contributed by atoms with Crippen LogP contribution < -0.4 is 0 Å². The summed E-state index contributed by atoms with van der Waals surface area (Å²) in [4.78, 5) is 30.5. The number of likely N-dealkylation sites (tertiary alicyclic amines) is 1. The van der Waals surface area contributed by atoms with Crippen LogP contribution in [0.15, 0.2) is 30.3 Å². The van der Waals surface area contributed by atoms with Crippen LogP contribution in [-0.2, 0) is 9.59 Å². The molecule has 22 heavy (non-hydrogen) atoms. The molecule has 0 spiro atoms. The van der Waals surface area contributed by atoms with E-state index in [4.69, 9.17) is 0 Å². The quantitative estimate of drug-likeness (QED) is 0.818. The molecule has 2 aliphatic heterocycles. The van der Waals surface area contributed by atoms with Crippen molar-refractivity contribution in [2.45, 2.75) is 12.5 Å². The summed E-state index contributed by atoms with van der Waals surface area (Å²) in [5.74, 6) is 0.00973. The molecule has 2 atom stereocenters. The van der Waals surface area contributed by atoms with Crippen LogP contribution >= 0.6 is 0 Å². The highest BCUT2D eigenvalue weighted by atomic mass is 16.2. The number of carbonyl (C=O) groups is 2. The Balaban J connectivity index is 1.81. The molecule has 0 bridgehead atoms. The molecule has 2 aliphatic rings. The van der Waals surface area contributed by atoms with E-state index in [1.54, 1.807) is 11.9 Å². The Morgan fingerprint density at radius 1 is 1.09 bits per heavy atom. The number of carbonyl (C=O) groups excluding carboxylic acids is 2. The highest BCUT2D eigenvalue weighted by Gasteiger charge is 2.38. The lowest BCUT2D eigenvalue weighted by molar-refractivity contribution is -0.140. The summed E-state index contributed by atoms with van der Waals surface area (Å²) in [7, 11) is 3.86. The zero-order valence-electron chi connectivity index (χ0n) is 13.2. The molecule has 5 heteroatoms. The first-order chi connectivity index (χ1) is 10.6. The van der Waals surface area contributed by atoms with Gasteiger partial charge in [0.05, 0.1) is 12.0 Å². The Morgan fingerprint density at radius 3 is 2.45 bits per heavy atom. The fraction of sp³-hybridized carbons (Fsp3) is 0.529. The third-order valence-corrected chi connectivity index (χ3v) is 4.74. The van der Waals surface area contributed by atoms with E-state index in [0.29, 0.717) is 13.0 Å². The summed E-state index contributed by atoms with van der Waals surface area (Å²) in [6, 6.07) is 10.3. The molecule has 2 heterocycles. The largest absolute Gasteiger partial charge is 0.345 e. The topological polar surface area (TPSA) is 43.9 Å². The Kier molecular flexibility index (Phi) is 4.16. The number of benzene rings is 1. The van der Waals surface area contributed by atoms with Crippen LogP contribution in [-0.4, -0.2) is 66.8 Å². The van der Waals surface area contributed by atoms with Crippen molar-refractivity contribution in [2.24, 2.45) is 5.92 Å². The predicted molar refractivity (Wildman–Crippen MR) is 84.1 cm³/mol. The summed E-state index contributed by atoms with van der Waals surface area (Å²) in [5, 5.41) is 0. The molecule has 5 nitrogen and oxygen atoms in total. The van der Waals surface area contributed by atoms with Crippen LogP contribution in [0.25, 0.3) is 0 Å². The molecule has 2 unspecified atom stereocenters. The number of hydrogen-bond donors (Lipinski definition) is 0. The fourth-order valence-electron chi connectivity index (χ4n) is 3.41. The van der Waals surface area contributed by atoms with Gasteiger partial charge in [0, 0.05) is 39.6 Å². The Labute approximate surface area is 131 Å². The molecule has 0 aromatic heterocycles. The Bertz CT molecular complexity index is 560. The monoisotopic (exact) mass is 301 g/mol. The van der Waals surface area contributed by atoms with Crippen molar-refractivity contribution < 1.29 is 9.59 Å². The summed E-state index contributed by atoms with van der Waals surface area (Å²) in [6.07, 6.45) is 0.350. The standard InChI is InChI=1S/C17H23N3O2/c1-18-8-9-20(15(12-18)13-6-4-3-5-7-13)17(22)14-10-16(21)19(2)11-14/h3-7,14-15H,8-12H2,1-2H3. The molecule has 2 amide bonds. The molecule has 0 N–H and O–H groups in total. The molecule has 0 radical (unpaired) electrons. The second-order valence-electron chi connectivity index (χ2n) is 6.40. The maximum atomic E-state index is 12.9. The number of rotatable bonds is 2. The minimum atomic E-state index is -0.188. The van der Waals surface area contributed by atoms with E-state index in [1.807, 2.05) is 23.1 Å². The number of likely N-dealkylation sites (N-methyl/N-ethyl adjacent to an activating group) is 1. The Morgan fingerprint density at radius 2 is 1.82 bits per heavy atom. The van der Waals surface area contributed by atoms with Crippen LogP contribution in [0.2, 0.25) is 0 Å². The number of amides is 2. The van der Waals surface area contributed by atoms with Crippen LogP contribution in [0.5, 0.6) is 0 Å². The van der Waals surface area contributed by atoms with Gasteiger partial charge in [-0.15, -0.1) is 0 Å². The lowest BCUT2D eigenvalue weighted by Gasteiger charge is -2.41. The second kappa shape index (κ2) is 6.08. The second-order valence-corrected chi connectivity index (χ2v) is 6.40. The van der Waals surface area contributed by atoms with Gasteiger partial charge in [0.1, 0.15) is 0 Å². The molecule has 1 aromatic rings. The van der Waals surface area contributed by atoms with Gasteiger partial charge in [0.2, 0.25) is 11.8 Å². The smallest absolute Gasteiger partial charge is 0.228 e. The maximum absolute atomic E-state index is 12.9. The van der Waals surface area contributed by atoms with E-state index in [2.05, 4.69) is 24.1 Å². The molecule has 118 valence electrons. The van der Waals surface area contributed by atoms with Gasteiger partial charge in [-0.3, -0.25) is 9.59 Å². The van der Waals surface area contributed by atoms with Gasteiger partial charge in [0.15, 0.2) is 0 Å². The predicted octanol–water partition coefficient (Wildman–Crippen LogP) is 0.980. The van der Waals surface area contributed by atoms with E-state index in [1.165, 1.54) is 5.56 Å². The molecular weight excluding hydrogens is 278 g/mol. The van der Waals surface area contributed by atoms with E-state index >= 15 is 0 Å². The average Bonchev–Trinajstić information content (AvgIpc) is 2.87. The van der Waals surface area contributed by atoms with Crippen molar-refractivity contribution in [3.8, 4) is 0 Å². The average molecular weight is 301 g/mol. The first-order valence-corrected chi connectivity index (χ1v) is 7.84. The van der Waals surface area contributed by atoms with Crippen molar-refractivity contribution in [1.82, 2.24) is 14.7 Å². The van der Waals surface area contributed by atoms with Crippen molar-refractivity contribution >= 4 is 11.8 Å². The maximum Gasteiger partial charge on any atom is 0.228 e. The van der Waals surface area contributed by atoms with Crippen LogP contribution in [0, 0.1) is 5.92 Å². The van der Waals surface area contributed by atoms with E-state index in [0.717, 1.165) is 19.6 Å². The number of hydrogen-bond acceptors (Lipinski definition) is 3. The number of nitrogens with zero attached hydrogens (tertiary/aromatic N) is 3. The zero-order valence-corrected chi connectivity index (χ0v) is 13.2. The van der Waals surface area contributed by atoms with Gasteiger partial charge in [-0.2, -0.15) is 0 Å². The summed E-state index contributed by atoms with van der Waals surface area (Å²) < 4.78 is 0. The highest BCUT2D eigenvalue weighted by molar-refractivity contribution is 5.89. The van der Waals surface area contributed by atoms with Gasteiger partial charge in [-0.25, -0.2) is 0 Å². The minimum absolute atomic E-state index is 0.0729. The van der Waals surface area contributed by atoms with Crippen molar-refractivity contribution in [3.05, 3.63) is 35.9 Å².